The summed E-state index contributed by atoms with van der Waals surface area (Å²) in [5.41, 5.74) is 0. The minimum Gasteiger partial charge on any atom is -0.394 e. The minimum absolute atomic E-state index is 0.246. The lowest BCUT2D eigenvalue weighted by molar-refractivity contribution is -0.359. The van der Waals surface area contributed by atoms with Gasteiger partial charge in [0.15, 0.2) is 12.6 Å². The van der Waals surface area contributed by atoms with E-state index in [0.29, 0.717) is 12.8 Å². The summed E-state index contributed by atoms with van der Waals surface area (Å²) in [7, 11) is 0. The molecule has 2 heterocycles. The summed E-state index contributed by atoms with van der Waals surface area (Å²) in [6.45, 7) is 2.70. The van der Waals surface area contributed by atoms with Crippen LogP contribution in [0.3, 0.4) is 0 Å². The molecule has 1 amide bonds. The second-order valence-corrected chi connectivity index (χ2v) is 27.4. The molecule has 0 spiro atoms. The lowest BCUT2D eigenvalue weighted by Crippen LogP contribution is -2.65. The van der Waals surface area contributed by atoms with E-state index in [1.807, 2.05) is 6.08 Å². The van der Waals surface area contributed by atoms with Crippen molar-refractivity contribution in [3.63, 3.8) is 0 Å². The van der Waals surface area contributed by atoms with E-state index in [1.165, 1.54) is 218 Å². The van der Waals surface area contributed by atoms with E-state index in [0.717, 1.165) is 70.6 Å². The van der Waals surface area contributed by atoms with E-state index in [9.17, 15) is 45.6 Å². The predicted molar refractivity (Wildman–Crippen MR) is 396 cm³/mol. The molecule has 12 unspecified atom stereocenters. The van der Waals surface area contributed by atoms with Crippen molar-refractivity contribution in [3.05, 3.63) is 97.2 Å². The summed E-state index contributed by atoms with van der Waals surface area (Å²) >= 11 is 0. The zero-order chi connectivity index (χ0) is 69.4. The first-order valence-corrected chi connectivity index (χ1v) is 39.5. The van der Waals surface area contributed by atoms with E-state index < -0.39 is 86.8 Å². The maximum absolute atomic E-state index is 13.4. The molecule has 0 aromatic rings. The number of hydrogen-bond acceptors (Lipinski definition) is 13. The SMILES string of the molecule is CC/C=C\C/C=C\C/C=C\C/C=C\C/C=C\C/C=C\CCCCCCCCCCCCCCCCCCCCCCC(=O)NC(COC1OC(CO)C(OC2OC(CO)C(O)C(O)C2O)C(O)C1O)C(O)/C=C/CC/C=C/CCCCCCCCCCCCCCCCCCC. The predicted octanol–water partition coefficient (Wildman–Crippen LogP) is 17.7. The van der Waals surface area contributed by atoms with Crippen LogP contribution in [0.25, 0.3) is 0 Å². The average molecular weight is 1350 g/mol. The van der Waals surface area contributed by atoms with Crippen molar-refractivity contribution in [3.8, 4) is 0 Å². The van der Waals surface area contributed by atoms with Crippen molar-refractivity contribution in [2.75, 3.05) is 19.8 Å². The van der Waals surface area contributed by atoms with Crippen LogP contribution in [0.15, 0.2) is 97.2 Å². The van der Waals surface area contributed by atoms with Gasteiger partial charge in [-0.3, -0.25) is 4.79 Å². The van der Waals surface area contributed by atoms with Crippen molar-refractivity contribution in [1.29, 1.82) is 0 Å². The quantitative estimate of drug-likeness (QED) is 0.0204. The fraction of sp³-hybridized carbons (Fsp3) is 0.793. The number of carbonyl (C=O) groups excluding carboxylic acids is 1. The zero-order valence-electron chi connectivity index (χ0n) is 60.8. The van der Waals surface area contributed by atoms with Crippen LogP contribution in [-0.4, -0.2) is 140 Å². The van der Waals surface area contributed by atoms with Crippen LogP contribution in [-0.2, 0) is 23.7 Å². The lowest BCUT2D eigenvalue weighted by Gasteiger charge is -2.46. The van der Waals surface area contributed by atoms with Crippen molar-refractivity contribution in [2.24, 2.45) is 0 Å². The van der Waals surface area contributed by atoms with E-state index in [-0.39, 0.29) is 18.9 Å². The van der Waals surface area contributed by atoms with Gasteiger partial charge in [0.1, 0.15) is 48.8 Å². The molecule has 2 aliphatic heterocycles. The Labute approximate surface area is 585 Å². The van der Waals surface area contributed by atoms with Crippen LogP contribution in [0.5, 0.6) is 0 Å². The molecule has 2 fully saturated rings. The second-order valence-electron chi connectivity index (χ2n) is 27.4. The summed E-state index contributed by atoms with van der Waals surface area (Å²) in [6.07, 6.45) is 76.3. The van der Waals surface area contributed by atoms with Crippen molar-refractivity contribution in [1.82, 2.24) is 5.32 Å². The number of unbranched alkanes of at least 4 members (excludes halogenated alkanes) is 38. The largest absolute Gasteiger partial charge is 0.394 e. The first-order valence-electron chi connectivity index (χ1n) is 39.5. The van der Waals surface area contributed by atoms with E-state index in [4.69, 9.17) is 18.9 Å². The molecule has 556 valence electrons. The molecule has 0 saturated carbocycles. The molecule has 0 aromatic heterocycles. The first-order chi connectivity index (χ1) is 47.1. The third-order valence-electron chi connectivity index (χ3n) is 18.8. The van der Waals surface area contributed by atoms with Crippen LogP contribution >= 0.6 is 0 Å². The van der Waals surface area contributed by atoms with Gasteiger partial charge in [-0.25, -0.2) is 0 Å². The van der Waals surface area contributed by atoms with Crippen molar-refractivity contribution < 1.29 is 64.6 Å². The number of rotatable bonds is 65. The average Bonchev–Trinajstić information content (AvgIpc) is 0.806. The molecule has 9 N–H and O–H groups in total. The molecule has 96 heavy (non-hydrogen) atoms. The molecular formula is C82H145NO13. The highest BCUT2D eigenvalue weighted by Gasteiger charge is 2.51. The van der Waals surface area contributed by atoms with Gasteiger partial charge in [0.05, 0.1) is 32.0 Å². The molecule has 0 radical (unpaired) electrons. The van der Waals surface area contributed by atoms with E-state index >= 15 is 0 Å². The molecule has 12 atom stereocenters. The molecule has 2 rings (SSSR count). The molecule has 0 bridgehead atoms. The first kappa shape index (κ1) is 89.0. The highest BCUT2D eigenvalue weighted by atomic mass is 16.7. The topological polar surface area (TPSA) is 228 Å². The Hall–Kier alpha value is -3.09. The van der Waals surface area contributed by atoms with Crippen molar-refractivity contribution in [2.45, 2.75) is 396 Å². The van der Waals surface area contributed by atoms with Gasteiger partial charge in [-0.1, -0.05) is 329 Å². The monoisotopic (exact) mass is 1350 g/mol. The summed E-state index contributed by atoms with van der Waals surface area (Å²) < 4.78 is 22.9. The number of carbonyl (C=O) groups is 1. The van der Waals surface area contributed by atoms with Gasteiger partial charge in [-0.15, -0.1) is 0 Å². The second kappa shape index (κ2) is 65.2. The standard InChI is InChI=1S/C82H145NO13/c1-3-5-7-9-11-13-15-17-19-21-23-25-27-28-29-30-31-32-33-34-35-36-37-38-39-40-41-42-44-46-48-50-52-54-56-58-60-62-64-66-74(87)83-70(69-93-81-79(92)77(90)80(73(68-85)95-81)96-82-78(91)76(89)75(88)72(67-84)94-82)71(86)65-63-61-59-57-55-53-51-49-47-45-43-26-24-22-20-18-16-14-12-10-8-6-4-2/h5,7,11,13,17,19,23,25,28-29,31-32,55,57,63,65,70-73,75-82,84-86,88-92H,3-4,6,8-10,12,14-16,18,20-22,24,26-27,30,33-54,56,58-62,64,66-69H2,1-2H3,(H,83,87)/b7-5-,13-11-,19-17-,25-23-,29-28-,32-31-,57-55+,65-63+. The maximum Gasteiger partial charge on any atom is 0.220 e. The van der Waals surface area contributed by atoms with Gasteiger partial charge >= 0.3 is 0 Å². The highest BCUT2D eigenvalue weighted by molar-refractivity contribution is 5.76. The van der Waals surface area contributed by atoms with Crippen LogP contribution in [0.4, 0.5) is 0 Å². The Morgan fingerprint density at radius 1 is 0.385 bits per heavy atom. The Morgan fingerprint density at radius 3 is 1.15 bits per heavy atom. The number of aliphatic hydroxyl groups is 8. The normalized spacial score (nSPS) is 22.8. The zero-order valence-corrected chi connectivity index (χ0v) is 60.8. The number of nitrogens with one attached hydrogen (secondary N) is 1. The van der Waals surface area contributed by atoms with Gasteiger partial charge < -0.3 is 65.1 Å². The van der Waals surface area contributed by atoms with Crippen LogP contribution in [0, 0.1) is 0 Å². The third kappa shape index (κ3) is 47.9. The van der Waals surface area contributed by atoms with E-state index in [1.54, 1.807) is 6.08 Å². The molecular weight excluding hydrogens is 1210 g/mol. The summed E-state index contributed by atoms with van der Waals surface area (Å²) in [5.74, 6) is -0.246. The molecule has 14 heteroatoms. The summed E-state index contributed by atoms with van der Waals surface area (Å²) in [6, 6.07) is -0.936. The summed E-state index contributed by atoms with van der Waals surface area (Å²) in [4.78, 5) is 13.4. The Bertz CT molecular complexity index is 1980. The third-order valence-corrected chi connectivity index (χ3v) is 18.8. The Kier molecular flexibility index (Phi) is 60.5. The van der Waals surface area contributed by atoms with Crippen LogP contribution in [0.1, 0.15) is 322 Å². The number of aliphatic hydroxyl groups excluding tert-OH is 8. The summed E-state index contributed by atoms with van der Waals surface area (Å²) in [5, 5.41) is 87.6. The fourth-order valence-electron chi connectivity index (χ4n) is 12.6. The van der Waals surface area contributed by atoms with Crippen LogP contribution < -0.4 is 5.32 Å². The van der Waals surface area contributed by atoms with Gasteiger partial charge in [0, 0.05) is 6.42 Å². The molecule has 0 aromatic carbocycles. The number of amides is 1. The Balaban J connectivity index is 1.60. The lowest BCUT2D eigenvalue weighted by atomic mass is 9.97. The van der Waals surface area contributed by atoms with Gasteiger partial charge in [-0.05, 0) is 83.5 Å². The molecule has 0 aliphatic carbocycles. The Morgan fingerprint density at radius 2 is 0.729 bits per heavy atom. The van der Waals surface area contributed by atoms with Crippen LogP contribution in [0.2, 0.25) is 0 Å². The highest BCUT2D eigenvalue weighted by Crippen LogP contribution is 2.30. The maximum atomic E-state index is 13.4. The molecule has 2 saturated heterocycles. The van der Waals surface area contributed by atoms with Gasteiger partial charge in [-0.2, -0.15) is 0 Å². The fourth-order valence-corrected chi connectivity index (χ4v) is 12.6. The van der Waals surface area contributed by atoms with Gasteiger partial charge in [0.2, 0.25) is 5.91 Å². The number of ether oxygens (including phenoxy) is 4. The van der Waals surface area contributed by atoms with E-state index in [2.05, 4.69) is 104 Å². The minimum atomic E-state index is -1.79. The molecule has 14 nitrogen and oxygen atoms in total. The molecule has 2 aliphatic rings. The van der Waals surface area contributed by atoms with Crippen molar-refractivity contribution >= 4 is 5.91 Å². The smallest absolute Gasteiger partial charge is 0.220 e. The number of allylic oxidation sites excluding steroid dienone is 15. The number of hydrogen-bond donors (Lipinski definition) is 9. The van der Waals surface area contributed by atoms with Gasteiger partial charge in [0.25, 0.3) is 0 Å².